The lowest BCUT2D eigenvalue weighted by atomic mass is 9.65. The third kappa shape index (κ3) is 4.72. The van der Waals surface area contributed by atoms with Gasteiger partial charge in [0.2, 0.25) is 0 Å². The normalized spacial score (nSPS) is 13.0. The van der Waals surface area contributed by atoms with E-state index in [1.807, 2.05) is 36.4 Å². The van der Waals surface area contributed by atoms with Crippen LogP contribution in [0.25, 0.3) is 84.3 Å². The number of para-hydroxylation sites is 2. The molecule has 1 spiro atoms. The van der Waals surface area contributed by atoms with Crippen molar-refractivity contribution in [1.82, 2.24) is 19.5 Å². The summed E-state index contributed by atoms with van der Waals surface area (Å²) in [6.07, 6.45) is 0. The minimum atomic E-state index is -0.459. The maximum Gasteiger partial charge on any atom is 0.160 e. The molecule has 0 saturated carbocycles. The van der Waals surface area contributed by atoms with Crippen molar-refractivity contribution in [3.8, 4) is 73.2 Å². The van der Waals surface area contributed by atoms with Gasteiger partial charge in [0.25, 0.3) is 0 Å². The summed E-state index contributed by atoms with van der Waals surface area (Å²) in [4.78, 5) is 15.7. The van der Waals surface area contributed by atoms with Gasteiger partial charge in [-0.05, 0) is 74.8 Å². The highest BCUT2D eigenvalue weighted by Crippen LogP contribution is 2.60. The maximum atomic E-state index is 5.44. The molecular formula is C54H34N4. The van der Waals surface area contributed by atoms with Crippen LogP contribution in [0.3, 0.4) is 0 Å². The number of benzene rings is 8. The number of nitrogens with zero attached hydrogens (tertiary/aromatic N) is 4. The lowest BCUT2D eigenvalue weighted by molar-refractivity contribution is 0.746. The largest absolute Gasteiger partial charge is 0.292 e. The Hall–Kier alpha value is -7.69. The fourth-order valence-corrected chi connectivity index (χ4v) is 9.57. The molecule has 12 rings (SSSR count). The first-order valence-corrected chi connectivity index (χ1v) is 19.8. The molecule has 3 heterocycles. The summed E-state index contributed by atoms with van der Waals surface area (Å²) in [5.74, 6) is 1.61. The Morgan fingerprint density at radius 3 is 1.48 bits per heavy atom. The smallest absolute Gasteiger partial charge is 0.160 e. The second-order valence-electron chi connectivity index (χ2n) is 15.2. The van der Waals surface area contributed by atoms with Crippen LogP contribution in [0.1, 0.15) is 22.3 Å². The number of aromatic nitrogens is 4. The van der Waals surface area contributed by atoms with Gasteiger partial charge < -0.3 is 0 Å². The minimum absolute atomic E-state index is 0.459. The van der Waals surface area contributed by atoms with Crippen LogP contribution >= 0.6 is 0 Å². The fourth-order valence-electron chi connectivity index (χ4n) is 9.57. The Morgan fingerprint density at radius 1 is 0.345 bits per heavy atom. The van der Waals surface area contributed by atoms with Crippen LogP contribution in [-0.2, 0) is 5.41 Å². The highest BCUT2D eigenvalue weighted by atomic mass is 15.1. The van der Waals surface area contributed by atoms with Crippen LogP contribution in [0, 0.1) is 0 Å². The molecule has 4 nitrogen and oxygen atoms in total. The summed E-state index contributed by atoms with van der Waals surface area (Å²) in [5, 5.41) is 0. The number of hydrogen-bond donors (Lipinski definition) is 0. The van der Waals surface area contributed by atoms with Crippen molar-refractivity contribution in [3.63, 3.8) is 0 Å². The van der Waals surface area contributed by atoms with Crippen LogP contribution in [0.4, 0.5) is 0 Å². The van der Waals surface area contributed by atoms with Crippen LogP contribution in [0.2, 0.25) is 0 Å². The van der Waals surface area contributed by atoms with Crippen LogP contribution in [-0.4, -0.2) is 19.5 Å². The monoisotopic (exact) mass is 738 g/mol. The van der Waals surface area contributed by atoms with Gasteiger partial charge in [-0.3, -0.25) is 4.57 Å². The summed E-state index contributed by atoms with van der Waals surface area (Å²) in [6.45, 7) is 0. The quantitative estimate of drug-likeness (QED) is 0.177. The van der Waals surface area contributed by atoms with Crippen LogP contribution in [0.15, 0.2) is 206 Å². The van der Waals surface area contributed by atoms with E-state index >= 15 is 0 Å². The molecule has 8 aromatic carbocycles. The molecule has 1 aliphatic heterocycles. The average Bonchev–Trinajstić information content (AvgIpc) is 3.84. The molecule has 0 atom stereocenters. The van der Waals surface area contributed by atoms with Gasteiger partial charge in [-0.1, -0.05) is 176 Å². The van der Waals surface area contributed by atoms with Crippen molar-refractivity contribution in [1.29, 1.82) is 0 Å². The number of imidazole rings is 1. The Morgan fingerprint density at radius 2 is 0.828 bits per heavy atom. The molecule has 10 aromatic rings. The molecule has 2 aromatic heterocycles. The van der Waals surface area contributed by atoms with Gasteiger partial charge in [0, 0.05) is 22.3 Å². The van der Waals surface area contributed by atoms with E-state index in [4.69, 9.17) is 15.0 Å². The van der Waals surface area contributed by atoms with E-state index in [-0.39, 0.29) is 0 Å². The zero-order valence-electron chi connectivity index (χ0n) is 31.4. The van der Waals surface area contributed by atoms with Crippen molar-refractivity contribution >= 4 is 11.0 Å². The average molecular weight is 739 g/mol. The zero-order chi connectivity index (χ0) is 38.2. The molecule has 4 heteroatoms. The molecule has 0 saturated heterocycles. The predicted octanol–water partition coefficient (Wildman–Crippen LogP) is 12.8. The minimum Gasteiger partial charge on any atom is -0.292 e. The fraction of sp³-hybridized carbons (Fsp3) is 0.0185. The Bertz CT molecular complexity index is 3130. The van der Waals surface area contributed by atoms with E-state index in [9.17, 15) is 0 Å². The second-order valence-corrected chi connectivity index (χ2v) is 15.2. The number of hydrogen-bond acceptors (Lipinski definition) is 3. The Labute approximate surface area is 336 Å². The molecular weight excluding hydrogens is 705 g/mol. The van der Waals surface area contributed by atoms with E-state index in [0.29, 0.717) is 5.82 Å². The van der Waals surface area contributed by atoms with Crippen molar-refractivity contribution in [2.45, 2.75) is 5.41 Å². The summed E-state index contributed by atoms with van der Waals surface area (Å²) in [6, 6.07) is 73.5. The molecule has 0 radical (unpaired) electrons. The van der Waals surface area contributed by atoms with Crippen LogP contribution in [0.5, 0.6) is 0 Å². The van der Waals surface area contributed by atoms with Gasteiger partial charge in [0.05, 0.1) is 33.5 Å². The van der Waals surface area contributed by atoms with Crippen molar-refractivity contribution in [3.05, 3.63) is 229 Å². The number of fused-ring (bicyclic) bond motifs is 9. The van der Waals surface area contributed by atoms with Crippen molar-refractivity contribution in [2.75, 3.05) is 0 Å². The first-order chi connectivity index (χ1) is 28.8. The summed E-state index contributed by atoms with van der Waals surface area (Å²) < 4.78 is 2.40. The Kier molecular flexibility index (Phi) is 7.11. The van der Waals surface area contributed by atoms with E-state index in [1.54, 1.807) is 0 Å². The lowest BCUT2D eigenvalue weighted by Gasteiger charge is -2.39. The van der Waals surface area contributed by atoms with E-state index in [0.717, 1.165) is 67.3 Å². The van der Waals surface area contributed by atoms with Crippen LogP contribution < -0.4 is 0 Å². The van der Waals surface area contributed by atoms with Gasteiger partial charge in [-0.25, -0.2) is 15.0 Å². The van der Waals surface area contributed by atoms with Crippen molar-refractivity contribution < 1.29 is 0 Å². The molecule has 0 N–H and O–H groups in total. The third-order valence-electron chi connectivity index (χ3n) is 12.0. The van der Waals surface area contributed by atoms with Gasteiger partial charge in [-0.2, -0.15) is 0 Å². The van der Waals surface area contributed by atoms with Gasteiger partial charge in [-0.15, -0.1) is 0 Å². The molecule has 58 heavy (non-hydrogen) atoms. The standard InChI is InChI=1S/C54H34N4/c1-3-16-35(17-4-1)48-34-49(36-18-5-2-6-19-36)56-52(55-48)39-22-13-20-37(32-39)38-21-14-23-40(33-38)53-57-47-30-15-29-46-51(47)58(53)50-31-12-11-28-45(50)54(46)43-26-9-7-24-41(43)42-25-8-10-27-44(42)54/h1-34H. The summed E-state index contributed by atoms with van der Waals surface area (Å²) in [5.41, 5.74) is 18.7. The zero-order valence-corrected chi connectivity index (χ0v) is 31.4. The molecule has 0 fully saturated rings. The first kappa shape index (κ1) is 32.5. The SMILES string of the molecule is c1ccc(-c2cc(-c3ccccc3)nc(-c3cccc(-c4cccc(-c5nc6cccc7c6n5-c5ccccc5C75c6ccccc6-c6ccccc65)c4)c3)n2)cc1. The van der Waals surface area contributed by atoms with E-state index in [2.05, 4.69) is 174 Å². The van der Waals surface area contributed by atoms with Gasteiger partial charge >= 0.3 is 0 Å². The third-order valence-corrected chi connectivity index (χ3v) is 12.0. The molecule has 1 aliphatic carbocycles. The summed E-state index contributed by atoms with van der Waals surface area (Å²) in [7, 11) is 0. The molecule has 0 bridgehead atoms. The predicted molar refractivity (Wildman–Crippen MR) is 235 cm³/mol. The first-order valence-electron chi connectivity index (χ1n) is 19.8. The highest BCUT2D eigenvalue weighted by Gasteiger charge is 2.50. The van der Waals surface area contributed by atoms with E-state index < -0.39 is 5.41 Å². The maximum absolute atomic E-state index is 5.44. The highest BCUT2D eigenvalue weighted by molar-refractivity contribution is 5.97. The van der Waals surface area contributed by atoms with Gasteiger partial charge in [0.1, 0.15) is 5.82 Å². The number of rotatable bonds is 5. The summed E-state index contributed by atoms with van der Waals surface area (Å²) >= 11 is 0. The topological polar surface area (TPSA) is 43.6 Å². The molecule has 2 aliphatic rings. The molecule has 0 unspecified atom stereocenters. The molecule has 270 valence electrons. The Balaban J connectivity index is 1.01. The van der Waals surface area contributed by atoms with Gasteiger partial charge in [0.15, 0.2) is 5.82 Å². The van der Waals surface area contributed by atoms with E-state index in [1.165, 1.54) is 33.4 Å². The van der Waals surface area contributed by atoms with Crippen molar-refractivity contribution in [2.24, 2.45) is 0 Å². The second kappa shape index (κ2) is 12.7. The lowest BCUT2D eigenvalue weighted by Crippen LogP contribution is -2.33. The molecule has 0 amide bonds.